The molecule has 0 saturated carbocycles. The molecule has 1 atom stereocenters. The van der Waals surface area contributed by atoms with Gasteiger partial charge >= 0.3 is 0 Å². The Morgan fingerprint density at radius 1 is 1.11 bits per heavy atom. The number of hydrogen-bond donors (Lipinski definition) is 1. The number of para-hydroxylation sites is 1. The van der Waals surface area contributed by atoms with Crippen molar-refractivity contribution < 1.29 is 9.90 Å². The van der Waals surface area contributed by atoms with Gasteiger partial charge in [-0.15, -0.1) is 16.8 Å². The van der Waals surface area contributed by atoms with Gasteiger partial charge in [-0.2, -0.15) is 0 Å². The lowest BCUT2D eigenvalue weighted by Gasteiger charge is -2.34. The van der Waals surface area contributed by atoms with Crippen molar-refractivity contribution in [2.75, 3.05) is 18.8 Å². The molecule has 2 aromatic heterocycles. The van der Waals surface area contributed by atoms with Gasteiger partial charge in [0.1, 0.15) is 0 Å². The number of carbonyl (C=O) groups excluding carboxylic acids is 1. The molecule has 5 rings (SSSR count). The van der Waals surface area contributed by atoms with Gasteiger partial charge in [-0.3, -0.25) is 18.6 Å². The van der Waals surface area contributed by atoms with E-state index in [-0.39, 0.29) is 23.1 Å². The summed E-state index contributed by atoms with van der Waals surface area (Å²) >= 11 is 1.32. The zero-order chi connectivity index (χ0) is 24.4. The summed E-state index contributed by atoms with van der Waals surface area (Å²) in [4.78, 5) is 27.8. The Kier molecular flexibility index (Phi) is 6.70. The third-order valence-corrected chi connectivity index (χ3v) is 7.51. The SMILES string of the molecule is C=CCn1c(=O)c2ccccc2n2c(SCC(=O)N3CCC(C(O)c4ccccc4)CC3)nnc12. The Morgan fingerprint density at radius 3 is 2.57 bits per heavy atom. The van der Waals surface area contributed by atoms with Crippen molar-refractivity contribution in [2.24, 2.45) is 5.92 Å². The van der Waals surface area contributed by atoms with Crippen LogP contribution in [0.1, 0.15) is 24.5 Å². The van der Waals surface area contributed by atoms with Crippen molar-refractivity contribution in [3.8, 4) is 0 Å². The molecule has 1 aliphatic heterocycles. The molecule has 3 heterocycles. The molecule has 35 heavy (non-hydrogen) atoms. The third kappa shape index (κ3) is 4.49. The number of hydrogen-bond acceptors (Lipinski definition) is 6. The van der Waals surface area contributed by atoms with Gasteiger partial charge < -0.3 is 10.0 Å². The number of piperidine rings is 1. The molecule has 2 aromatic carbocycles. The largest absolute Gasteiger partial charge is 0.388 e. The molecule has 0 spiro atoms. The number of aliphatic hydroxyl groups is 1. The number of thioether (sulfide) groups is 1. The van der Waals surface area contributed by atoms with Crippen molar-refractivity contribution in [1.29, 1.82) is 0 Å². The summed E-state index contributed by atoms with van der Waals surface area (Å²) < 4.78 is 3.37. The van der Waals surface area contributed by atoms with E-state index in [1.807, 2.05) is 57.8 Å². The molecule has 1 saturated heterocycles. The molecule has 0 radical (unpaired) electrons. The molecule has 1 N–H and O–H groups in total. The van der Waals surface area contributed by atoms with E-state index in [0.29, 0.717) is 41.5 Å². The molecular weight excluding hydrogens is 462 g/mol. The van der Waals surface area contributed by atoms with Crippen molar-refractivity contribution in [1.82, 2.24) is 24.1 Å². The van der Waals surface area contributed by atoms with Gasteiger partial charge in [-0.05, 0) is 36.5 Å². The van der Waals surface area contributed by atoms with Crippen molar-refractivity contribution in [3.63, 3.8) is 0 Å². The van der Waals surface area contributed by atoms with Crippen LogP contribution >= 0.6 is 11.8 Å². The van der Waals surface area contributed by atoms with Crippen LogP contribution in [0.3, 0.4) is 0 Å². The van der Waals surface area contributed by atoms with Crippen molar-refractivity contribution >= 4 is 34.3 Å². The van der Waals surface area contributed by atoms with Crippen LogP contribution in [0.5, 0.6) is 0 Å². The van der Waals surface area contributed by atoms with Crippen LogP contribution in [0.4, 0.5) is 0 Å². The van der Waals surface area contributed by atoms with Gasteiger partial charge in [0.05, 0.1) is 22.8 Å². The summed E-state index contributed by atoms with van der Waals surface area (Å²) in [6, 6.07) is 17.0. The Bertz CT molecular complexity index is 1420. The maximum absolute atomic E-state index is 13.0. The van der Waals surface area contributed by atoms with Crippen LogP contribution in [0.25, 0.3) is 16.7 Å². The standard InChI is InChI=1S/C26H27N5O3S/c1-2-14-30-24(34)20-10-6-7-11-21(20)31-25(30)27-28-26(31)35-17-22(32)29-15-12-19(13-16-29)23(33)18-8-4-3-5-9-18/h2-11,19,23,33H,1,12-17H2. The molecule has 180 valence electrons. The first-order chi connectivity index (χ1) is 17.1. The monoisotopic (exact) mass is 489 g/mol. The summed E-state index contributed by atoms with van der Waals surface area (Å²) in [6.45, 7) is 5.31. The van der Waals surface area contributed by atoms with Gasteiger partial charge in [0.15, 0.2) is 5.16 Å². The van der Waals surface area contributed by atoms with E-state index in [0.717, 1.165) is 18.4 Å². The fourth-order valence-corrected chi connectivity index (χ4v) is 5.57. The predicted octanol–water partition coefficient (Wildman–Crippen LogP) is 3.29. The first kappa shape index (κ1) is 23.3. The molecule has 4 aromatic rings. The fourth-order valence-electron chi connectivity index (χ4n) is 4.73. The lowest BCUT2D eigenvalue weighted by molar-refractivity contribution is -0.130. The minimum Gasteiger partial charge on any atom is -0.388 e. The van der Waals surface area contributed by atoms with Crippen LogP contribution in [-0.2, 0) is 11.3 Å². The van der Waals surface area contributed by atoms with Crippen LogP contribution in [0.2, 0.25) is 0 Å². The van der Waals surface area contributed by atoms with E-state index >= 15 is 0 Å². The van der Waals surface area contributed by atoms with Crippen LogP contribution < -0.4 is 5.56 Å². The second-order valence-corrected chi connectivity index (χ2v) is 9.64. The first-order valence-electron chi connectivity index (χ1n) is 11.7. The highest BCUT2D eigenvalue weighted by Gasteiger charge is 2.28. The summed E-state index contributed by atoms with van der Waals surface area (Å²) in [6.07, 6.45) is 2.67. The van der Waals surface area contributed by atoms with Crippen LogP contribution in [0, 0.1) is 5.92 Å². The number of allylic oxidation sites excluding steroid dienone is 1. The highest BCUT2D eigenvalue weighted by atomic mass is 32.2. The normalized spacial score (nSPS) is 15.5. The number of fused-ring (bicyclic) bond motifs is 3. The molecular formula is C26H27N5O3S. The van der Waals surface area contributed by atoms with Gasteiger partial charge in [-0.1, -0.05) is 60.3 Å². The summed E-state index contributed by atoms with van der Waals surface area (Å²) in [5.74, 6) is 0.826. The number of likely N-dealkylation sites (tertiary alicyclic amines) is 1. The van der Waals surface area contributed by atoms with E-state index in [9.17, 15) is 14.7 Å². The maximum Gasteiger partial charge on any atom is 0.263 e. The van der Waals surface area contributed by atoms with Crippen molar-refractivity contribution in [3.05, 3.63) is 83.2 Å². The third-order valence-electron chi connectivity index (χ3n) is 6.59. The summed E-state index contributed by atoms with van der Waals surface area (Å²) in [5, 5.41) is 20.4. The lowest BCUT2D eigenvalue weighted by atomic mass is 9.87. The molecule has 0 aliphatic carbocycles. The smallest absolute Gasteiger partial charge is 0.263 e. The van der Waals surface area contributed by atoms with Crippen LogP contribution in [0.15, 0.2) is 77.2 Å². The van der Waals surface area contributed by atoms with Gasteiger partial charge in [-0.25, -0.2) is 0 Å². The number of rotatable bonds is 7. The van der Waals surface area contributed by atoms with Gasteiger partial charge in [0.2, 0.25) is 11.7 Å². The maximum atomic E-state index is 13.0. The molecule has 1 unspecified atom stereocenters. The van der Waals surface area contributed by atoms with E-state index < -0.39 is 6.10 Å². The predicted molar refractivity (Wildman–Crippen MR) is 136 cm³/mol. The number of aromatic nitrogens is 4. The van der Waals surface area contributed by atoms with E-state index in [4.69, 9.17) is 0 Å². The van der Waals surface area contributed by atoms with Crippen LogP contribution in [-0.4, -0.2) is 53.9 Å². The zero-order valence-corrected chi connectivity index (χ0v) is 20.1. The highest BCUT2D eigenvalue weighted by molar-refractivity contribution is 7.99. The topological polar surface area (TPSA) is 92.7 Å². The van der Waals surface area contributed by atoms with Gasteiger partial charge in [0, 0.05) is 19.6 Å². The molecule has 1 fully saturated rings. The molecule has 1 aliphatic rings. The zero-order valence-electron chi connectivity index (χ0n) is 19.3. The Hall–Kier alpha value is -3.43. The second kappa shape index (κ2) is 10.1. The number of aliphatic hydroxyl groups excluding tert-OH is 1. The van der Waals surface area contributed by atoms with E-state index in [1.54, 1.807) is 12.1 Å². The molecule has 1 amide bonds. The Morgan fingerprint density at radius 2 is 1.83 bits per heavy atom. The highest BCUT2D eigenvalue weighted by Crippen LogP contribution is 2.31. The minimum absolute atomic E-state index is 0.0307. The number of benzene rings is 2. The number of carbonyl (C=O) groups is 1. The molecule has 8 nitrogen and oxygen atoms in total. The summed E-state index contributed by atoms with van der Waals surface area (Å²) in [7, 11) is 0. The van der Waals surface area contributed by atoms with Gasteiger partial charge in [0.25, 0.3) is 5.56 Å². The number of nitrogens with zero attached hydrogens (tertiary/aromatic N) is 5. The second-order valence-electron chi connectivity index (χ2n) is 8.70. The number of amides is 1. The molecule has 9 heteroatoms. The Balaban J connectivity index is 1.29. The van der Waals surface area contributed by atoms with E-state index in [1.165, 1.54) is 16.3 Å². The average molecular weight is 490 g/mol. The lowest BCUT2D eigenvalue weighted by Crippen LogP contribution is -2.40. The van der Waals surface area contributed by atoms with Crippen molar-refractivity contribution in [2.45, 2.75) is 30.6 Å². The first-order valence-corrected chi connectivity index (χ1v) is 12.7. The van der Waals surface area contributed by atoms with E-state index in [2.05, 4.69) is 16.8 Å². The average Bonchev–Trinajstić information content (AvgIpc) is 3.34. The fraction of sp³-hybridized carbons (Fsp3) is 0.308. The summed E-state index contributed by atoms with van der Waals surface area (Å²) in [5.41, 5.74) is 1.49. The minimum atomic E-state index is -0.508. The quantitative estimate of drug-likeness (QED) is 0.316. The Labute approximate surface area is 206 Å². The molecule has 0 bridgehead atoms.